The van der Waals surface area contributed by atoms with Crippen molar-refractivity contribution in [2.24, 2.45) is 17.8 Å². The lowest BCUT2D eigenvalue weighted by atomic mass is 9.73. The number of fused-ring (bicyclic) bond motifs is 1. The van der Waals surface area contributed by atoms with Gasteiger partial charge in [-0.25, -0.2) is 15.0 Å². The van der Waals surface area contributed by atoms with Gasteiger partial charge in [0.1, 0.15) is 11.3 Å². The first kappa shape index (κ1) is 30.1. The smallest absolute Gasteiger partial charge is 0.308 e. The molecule has 236 valence electrons. The molecule has 1 atom stereocenters. The van der Waals surface area contributed by atoms with Crippen molar-refractivity contribution in [2.75, 3.05) is 25.9 Å². The number of hydrogen-bond acceptors (Lipinski definition) is 7. The molecule has 1 aliphatic carbocycles. The van der Waals surface area contributed by atoms with Crippen molar-refractivity contribution in [2.45, 2.75) is 51.5 Å². The Bertz CT molecular complexity index is 1820. The van der Waals surface area contributed by atoms with E-state index < -0.39 is 0 Å². The van der Waals surface area contributed by atoms with E-state index >= 15 is 0 Å². The Morgan fingerprint density at radius 2 is 1.63 bits per heavy atom. The highest BCUT2D eigenvalue weighted by molar-refractivity contribution is 5.84. The van der Waals surface area contributed by atoms with Crippen LogP contribution in [0.5, 0.6) is 0 Å². The summed E-state index contributed by atoms with van der Waals surface area (Å²) in [7, 11) is 1.50. The lowest BCUT2D eigenvalue weighted by Gasteiger charge is -2.50. The molecular weight excluding hydrogens is 572 g/mol. The largest absolute Gasteiger partial charge is 0.469 e. The van der Waals surface area contributed by atoms with E-state index in [0.29, 0.717) is 29.6 Å². The predicted molar refractivity (Wildman–Crippen MR) is 182 cm³/mol. The van der Waals surface area contributed by atoms with Gasteiger partial charge < -0.3 is 10.5 Å². The highest BCUT2D eigenvalue weighted by Crippen LogP contribution is 2.40. The van der Waals surface area contributed by atoms with Crippen molar-refractivity contribution in [3.63, 3.8) is 0 Å². The van der Waals surface area contributed by atoms with Crippen LogP contribution in [-0.4, -0.2) is 56.6 Å². The fraction of sp³-hybridized carbons (Fsp3) is 0.368. The maximum Gasteiger partial charge on any atom is 0.308 e. The molecule has 5 aromatic rings. The second kappa shape index (κ2) is 12.7. The number of esters is 1. The zero-order valence-electron chi connectivity index (χ0n) is 26.8. The summed E-state index contributed by atoms with van der Waals surface area (Å²) in [6.45, 7) is 6.82. The van der Waals surface area contributed by atoms with Gasteiger partial charge in [-0.3, -0.25) is 14.3 Å². The average molecular weight is 615 g/mol. The third-order valence-corrected chi connectivity index (χ3v) is 10.1. The molecule has 8 heteroatoms. The number of hydrogen-bond donors (Lipinski definition) is 1. The summed E-state index contributed by atoms with van der Waals surface area (Å²) in [5, 5.41) is 0. The molecule has 4 heterocycles. The molecule has 2 aromatic carbocycles. The van der Waals surface area contributed by atoms with Gasteiger partial charge in [0.05, 0.1) is 24.3 Å². The molecule has 8 nitrogen and oxygen atoms in total. The van der Waals surface area contributed by atoms with E-state index in [9.17, 15) is 4.79 Å². The molecule has 0 radical (unpaired) electrons. The van der Waals surface area contributed by atoms with Crippen LogP contribution in [0, 0.1) is 17.8 Å². The molecule has 0 spiro atoms. The molecule has 0 unspecified atom stereocenters. The topological polar surface area (TPSA) is 99.2 Å². The van der Waals surface area contributed by atoms with Crippen LogP contribution in [0.1, 0.15) is 51.0 Å². The molecule has 2 aliphatic rings. The molecule has 1 aliphatic heterocycles. The van der Waals surface area contributed by atoms with Crippen molar-refractivity contribution < 1.29 is 9.53 Å². The number of methoxy groups -OCH3 is 1. The highest BCUT2D eigenvalue weighted by atomic mass is 16.5. The second-order valence-corrected chi connectivity index (χ2v) is 13.2. The number of nitrogens with zero attached hydrogens (tertiary/aromatic N) is 5. The van der Waals surface area contributed by atoms with Crippen LogP contribution in [0.4, 0.5) is 5.82 Å². The second-order valence-electron chi connectivity index (χ2n) is 13.2. The van der Waals surface area contributed by atoms with E-state index in [1.807, 2.05) is 42.5 Å². The summed E-state index contributed by atoms with van der Waals surface area (Å²) >= 11 is 0. The van der Waals surface area contributed by atoms with Gasteiger partial charge in [0.25, 0.3) is 0 Å². The first-order chi connectivity index (χ1) is 22.4. The minimum atomic E-state index is -0.0425. The van der Waals surface area contributed by atoms with E-state index in [1.54, 1.807) is 6.20 Å². The Kier molecular flexibility index (Phi) is 8.30. The fourth-order valence-electron chi connectivity index (χ4n) is 7.75. The quantitative estimate of drug-likeness (QED) is 0.186. The SMILES string of the molecule is COC(=O)C1CCC([C@H](C(C)C)N2CC(c3ccc(-n4c(-c5cccnc5N)nc5ccc(-c6ccccc6)nc54)cc3)C2)CC1. The zero-order valence-corrected chi connectivity index (χ0v) is 26.8. The molecule has 1 saturated heterocycles. The number of anilines is 1. The summed E-state index contributed by atoms with van der Waals surface area (Å²) in [5.74, 6) is 2.89. The van der Waals surface area contributed by atoms with E-state index in [0.717, 1.165) is 78.3 Å². The van der Waals surface area contributed by atoms with Gasteiger partial charge in [0.15, 0.2) is 11.5 Å². The van der Waals surface area contributed by atoms with E-state index in [2.05, 4.69) is 64.7 Å². The number of carbonyl (C=O) groups excluding carboxylic acids is 1. The van der Waals surface area contributed by atoms with E-state index in [1.165, 1.54) is 12.7 Å². The van der Waals surface area contributed by atoms with Gasteiger partial charge in [-0.1, -0.05) is 56.3 Å². The number of imidazole rings is 1. The van der Waals surface area contributed by atoms with Crippen molar-refractivity contribution in [1.29, 1.82) is 0 Å². The standard InChI is InChI=1S/C38H42N6O2/c1-24(2)34(27-11-13-28(14-12-27)38(45)46-3)43-22-29(23-43)25-15-17-30(18-16-25)44-36(31-10-7-21-40-35(31)39)42-33-20-19-32(41-37(33)44)26-8-5-4-6-9-26/h4-10,15-21,24,27-29,34H,11-14,22-23H2,1-3H3,(H2,39,40)/t27?,28?,34-/m0/s1. The van der Waals surface area contributed by atoms with Crippen LogP contribution >= 0.6 is 0 Å². The first-order valence-electron chi connectivity index (χ1n) is 16.5. The fourth-order valence-corrected chi connectivity index (χ4v) is 7.75. The summed E-state index contributed by atoms with van der Waals surface area (Å²) in [4.78, 5) is 29.2. The maximum absolute atomic E-state index is 12.1. The third kappa shape index (κ3) is 5.66. The van der Waals surface area contributed by atoms with Crippen LogP contribution in [0.2, 0.25) is 0 Å². The number of ether oxygens (including phenoxy) is 1. The van der Waals surface area contributed by atoms with Gasteiger partial charge in [-0.05, 0) is 79.5 Å². The molecule has 0 amide bonds. The lowest BCUT2D eigenvalue weighted by molar-refractivity contribution is -0.147. The predicted octanol–water partition coefficient (Wildman–Crippen LogP) is 7.13. The molecule has 46 heavy (non-hydrogen) atoms. The molecule has 2 N–H and O–H groups in total. The Morgan fingerprint density at radius 1 is 0.891 bits per heavy atom. The summed E-state index contributed by atoms with van der Waals surface area (Å²) in [5.41, 5.74) is 13.0. The molecule has 7 rings (SSSR count). The Hall–Kier alpha value is -4.56. The molecule has 3 aromatic heterocycles. The minimum absolute atomic E-state index is 0.0425. The molecular formula is C38H42N6O2. The summed E-state index contributed by atoms with van der Waals surface area (Å²) in [6, 6.07) is 27.5. The van der Waals surface area contributed by atoms with Crippen LogP contribution in [0.15, 0.2) is 85.1 Å². The van der Waals surface area contributed by atoms with Crippen LogP contribution in [-0.2, 0) is 9.53 Å². The van der Waals surface area contributed by atoms with Crippen molar-refractivity contribution >= 4 is 23.0 Å². The van der Waals surface area contributed by atoms with E-state index in [-0.39, 0.29) is 11.9 Å². The third-order valence-electron chi connectivity index (χ3n) is 10.1. The van der Waals surface area contributed by atoms with Gasteiger partial charge in [-0.15, -0.1) is 0 Å². The number of nitrogens with two attached hydrogens (primary N) is 1. The highest BCUT2D eigenvalue weighted by Gasteiger charge is 2.40. The zero-order chi connectivity index (χ0) is 31.8. The molecule has 0 bridgehead atoms. The van der Waals surface area contributed by atoms with Crippen molar-refractivity contribution in [3.05, 3.63) is 90.6 Å². The molecule has 2 fully saturated rings. The number of carbonyl (C=O) groups is 1. The summed E-state index contributed by atoms with van der Waals surface area (Å²) < 4.78 is 7.12. The summed E-state index contributed by atoms with van der Waals surface area (Å²) in [6.07, 6.45) is 5.78. The number of aromatic nitrogens is 4. The van der Waals surface area contributed by atoms with E-state index in [4.69, 9.17) is 20.4 Å². The minimum Gasteiger partial charge on any atom is -0.469 e. The Labute approximate surface area is 270 Å². The Morgan fingerprint density at radius 3 is 2.30 bits per heavy atom. The van der Waals surface area contributed by atoms with Crippen LogP contribution in [0.3, 0.4) is 0 Å². The number of likely N-dealkylation sites (tertiary alicyclic amines) is 1. The van der Waals surface area contributed by atoms with Gasteiger partial charge >= 0.3 is 5.97 Å². The molecule has 1 saturated carbocycles. The van der Waals surface area contributed by atoms with Crippen LogP contribution in [0.25, 0.3) is 39.5 Å². The Balaban J connectivity index is 1.14. The number of pyridine rings is 2. The number of nitrogen functional groups attached to an aromatic ring is 1. The average Bonchev–Trinajstić information content (AvgIpc) is 3.45. The monoisotopic (exact) mass is 614 g/mol. The van der Waals surface area contributed by atoms with Crippen molar-refractivity contribution in [3.8, 4) is 28.3 Å². The maximum atomic E-state index is 12.1. The first-order valence-corrected chi connectivity index (χ1v) is 16.5. The number of benzene rings is 2. The van der Waals surface area contributed by atoms with Crippen molar-refractivity contribution in [1.82, 2.24) is 24.4 Å². The van der Waals surface area contributed by atoms with Gasteiger partial charge in [0, 0.05) is 42.5 Å². The van der Waals surface area contributed by atoms with Crippen LogP contribution < -0.4 is 5.73 Å². The lowest BCUT2D eigenvalue weighted by Crippen LogP contribution is -2.55. The van der Waals surface area contributed by atoms with Gasteiger partial charge in [-0.2, -0.15) is 0 Å². The normalized spacial score (nSPS) is 19.7. The number of rotatable bonds is 8. The van der Waals surface area contributed by atoms with Gasteiger partial charge in [0.2, 0.25) is 0 Å².